The lowest BCUT2D eigenvalue weighted by molar-refractivity contribution is -0.121. The molecule has 2 aromatic carbocycles. The van der Waals surface area contributed by atoms with E-state index in [9.17, 15) is 18.0 Å². The zero-order valence-electron chi connectivity index (χ0n) is 21.6. The number of ketones is 1. The minimum absolute atomic E-state index is 0.0670. The van der Waals surface area contributed by atoms with Crippen LogP contribution in [-0.4, -0.2) is 26.3 Å². The summed E-state index contributed by atoms with van der Waals surface area (Å²) in [7, 11) is -3.46. The first-order valence-electron chi connectivity index (χ1n) is 12.5. The van der Waals surface area contributed by atoms with Gasteiger partial charge in [0.1, 0.15) is 0 Å². The molecule has 0 aliphatic heterocycles. The molecule has 35 heavy (non-hydrogen) atoms. The van der Waals surface area contributed by atoms with Gasteiger partial charge in [0.15, 0.2) is 15.6 Å². The van der Waals surface area contributed by atoms with Gasteiger partial charge in [0.05, 0.1) is 16.7 Å². The highest BCUT2D eigenvalue weighted by Gasteiger charge is 2.22. The number of Topliss-reactive ketones (excluding diaryl/α,β-unsaturated/α-hetero) is 1. The molecular formula is C28H40N2O4S. The minimum atomic E-state index is -3.46. The van der Waals surface area contributed by atoms with Crippen LogP contribution in [0.3, 0.4) is 0 Å². The highest BCUT2D eigenvalue weighted by atomic mass is 32.2. The van der Waals surface area contributed by atoms with E-state index in [1.54, 1.807) is 48.5 Å². The first-order chi connectivity index (χ1) is 16.5. The molecule has 0 saturated heterocycles. The van der Waals surface area contributed by atoms with Gasteiger partial charge in [-0.2, -0.15) is 0 Å². The summed E-state index contributed by atoms with van der Waals surface area (Å²) in [5.74, 6) is 0.745. The average Bonchev–Trinajstić information content (AvgIpc) is 2.80. The highest BCUT2D eigenvalue weighted by Crippen LogP contribution is 2.20. The van der Waals surface area contributed by atoms with E-state index in [1.807, 2.05) is 20.8 Å². The molecule has 2 rings (SSSR count). The molecule has 0 unspecified atom stereocenters. The van der Waals surface area contributed by atoms with E-state index in [0.717, 1.165) is 24.8 Å². The number of rotatable bonds is 13. The molecule has 0 saturated carbocycles. The lowest BCUT2D eigenvalue weighted by atomic mass is 9.92. The van der Waals surface area contributed by atoms with Crippen LogP contribution in [0.1, 0.15) is 70.9 Å². The lowest BCUT2D eigenvalue weighted by Crippen LogP contribution is -2.43. The van der Waals surface area contributed by atoms with Crippen LogP contribution in [0.2, 0.25) is 0 Å². The summed E-state index contributed by atoms with van der Waals surface area (Å²) in [6.45, 7) is 10.2. The Balaban J connectivity index is 1.97. The first kappa shape index (κ1) is 28.6. The molecule has 2 N–H and O–H groups in total. The highest BCUT2D eigenvalue weighted by molar-refractivity contribution is 7.90. The topological polar surface area (TPSA) is 92.3 Å². The second-order valence-electron chi connectivity index (χ2n) is 9.74. The number of aryl methyl sites for hydroxylation is 1. The van der Waals surface area contributed by atoms with E-state index in [0.29, 0.717) is 30.0 Å². The second kappa shape index (κ2) is 13.4. The molecule has 1 atom stereocenters. The molecule has 192 valence electrons. The molecular weight excluding hydrogens is 460 g/mol. The van der Waals surface area contributed by atoms with Crippen molar-refractivity contribution in [3.63, 3.8) is 0 Å². The van der Waals surface area contributed by atoms with E-state index >= 15 is 0 Å². The van der Waals surface area contributed by atoms with Crippen molar-refractivity contribution in [2.24, 2.45) is 11.8 Å². The van der Waals surface area contributed by atoms with Crippen molar-refractivity contribution in [3.05, 3.63) is 59.7 Å². The van der Waals surface area contributed by atoms with Gasteiger partial charge in [-0.15, -0.1) is 0 Å². The third-order valence-electron chi connectivity index (χ3n) is 6.30. The van der Waals surface area contributed by atoms with Crippen molar-refractivity contribution < 1.29 is 18.0 Å². The number of nitrogens with one attached hydrogen (secondary N) is 2. The summed E-state index contributed by atoms with van der Waals surface area (Å²) in [5.41, 5.74) is 2.17. The Labute approximate surface area is 210 Å². The predicted octanol–water partition coefficient (Wildman–Crippen LogP) is 6.29. The monoisotopic (exact) mass is 500 g/mol. The number of hydrogen-bond donors (Lipinski definition) is 2. The van der Waals surface area contributed by atoms with Crippen molar-refractivity contribution in [3.8, 4) is 0 Å². The van der Waals surface area contributed by atoms with Gasteiger partial charge in [-0.05, 0) is 61.4 Å². The smallest absolute Gasteiger partial charge is 0.319 e. The quantitative estimate of drug-likeness (QED) is 0.338. The van der Waals surface area contributed by atoms with Crippen LogP contribution in [0.4, 0.5) is 10.5 Å². The third-order valence-corrected chi connectivity index (χ3v) is 8.01. The van der Waals surface area contributed by atoms with E-state index in [-0.39, 0.29) is 22.3 Å². The predicted molar refractivity (Wildman–Crippen MR) is 142 cm³/mol. The van der Waals surface area contributed by atoms with Gasteiger partial charge in [0, 0.05) is 12.1 Å². The van der Waals surface area contributed by atoms with Gasteiger partial charge in [-0.25, -0.2) is 13.2 Å². The maximum absolute atomic E-state index is 12.8. The van der Waals surface area contributed by atoms with Crippen LogP contribution in [0, 0.1) is 18.8 Å². The van der Waals surface area contributed by atoms with E-state index in [4.69, 9.17) is 0 Å². The van der Waals surface area contributed by atoms with E-state index in [2.05, 4.69) is 24.5 Å². The van der Waals surface area contributed by atoms with Crippen molar-refractivity contribution in [1.82, 2.24) is 5.32 Å². The number of hydrogen-bond acceptors (Lipinski definition) is 4. The molecule has 0 spiro atoms. The largest absolute Gasteiger partial charge is 0.328 e. The number of amides is 2. The summed E-state index contributed by atoms with van der Waals surface area (Å²) < 4.78 is 25.3. The fourth-order valence-corrected chi connectivity index (χ4v) is 5.37. The summed E-state index contributed by atoms with van der Waals surface area (Å²) in [5, 5.41) is 5.60. The van der Waals surface area contributed by atoms with Crippen molar-refractivity contribution in [1.29, 1.82) is 0 Å². The summed E-state index contributed by atoms with van der Waals surface area (Å²) in [6.07, 6.45) is 4.00. The maximum atomic E-state index is 12.8. The van der Waals surface area contributed by atoms with Crippen LogP contribution in [0.5, 0.6) is 0 Å². The fourth-order valence-electron chi connectivity index (χ4n) is 4.02. The fraction of sp³-hybridized carbons (Fsp3) is 0.500. The zero-order valence-corrected chi connectivity index (χ0v) is 22.5. The Bertz CT molecular complexity index is 1060. The molecule has 2 aromatic rings. The van der Waals surface area contributed by atoms with Gasteiger partial charge in [0.25, 0.3) is 0 Å². The Morgan fingerprint density at radius 1 is 0.914 bits per heavy atom. The molecule has 0 radical (unpaired) electrons. The first-order valence-corrected chi connectivity index (χ1v) is 14.2. The van der Waals surface area contributed by atoms with Crippen LogP contribution < -0.4 is 10.6 Å². The van der Waals surface area contributed by atoms with Crippen LogP contribution in [0.15, 0.2) is 53.4 Å². The molecule has 0 aliphatic rings. The Kier molecular flexibility index (Phi) is 11.0. The molecule has 0 fully saturated rings. The Morgan fingerprint density at radius 2 is 1.51 bits per heavy atom. The standard InChI is InChI=1S/C28H40N2O4S/c1-6-22(7-2)12-17-27(31)26(18-20(3)4)30-28(32)29-24-13-10-23(11-14-24)19-35(33,34)25-15-8-21(5)9-16-25/h8-11,13-16,20,22,26H,6-7,12,17-19H2,1-5H3,(H2,29,30,32)/t26-/m1/s1. The SMILES string of the molecule is CCC(CC)CCC(=O)[C@@H](CC(C)C)NC(=O)Nc1ccc(CS(=O)(=O)c2ccc(C)cc2)cc1. The van der Waals surface area contributed by atoms with Crippen molar-refractivity contribution in [2.75, 3.05) is 5.32 Å². The second-order valence-corrected chi connectivity index (χ2v) is 11.7. The molecule has 0 aliphatic carbocycles. The number of urea groups is 1. The molecule has 0 bridgehead atoms. The Morgan fingerprint density at radius 3 is 2.06 bits per heavy atom. The third kappa shape index (κ3) is 9.48. The number of benzene rings is 2. The summed E-state index contributed by atoms with van der Waals surface area (Å²) in [4.78, 5) is 25.7. The number of sulfone groups is 1. The lowest BCUT2D eigenvalue weighted by Gasteiger charge is -2.21. The Hall–Kier alpha value is -2.67. The van der Waals surface area contributed by atoms with Crippen LogP contribution in [0.25, 0.3) is 0 Å². The van der Waals surface area contributed by atoms with Gasteiger partial charge < -0.3 is 10.6 Å². The molecule has 0 aromatic heterocycles. The number of anilines is 1. The van der Waals surface area contributed by atoms with Gasteiger partial charge in [-0.1, -0.05) is 70.4 Å². The average molecular weight is 501 g/mol. The number of carbonyl (C=O) groups is 2. The van der Waals surface area contributed by atoms with Gasteiger partial charge in [0.2, 0.25) is 0 Å². The zero-order chi connectivity index (χ0) is 26.0. The summed E-state index contributed by atoms with van der Waals surface area (Å²) in [6, 6.07) is 12.5. The molecule has 7 heteroatoms. The normalized spacial score (nSPS) is 12.5. The van der Waals surface area contributed by atoms with Crippen LogP contribution >= 0.6 is 0 Å². The minimum Gasteiger partial charge on any atom is -0.328 e. The van der Waals surface area contributed by atoms with Gasteiger partial charge >= 0.3 is 6.03 Å². The van der Waals surface area contributed by atoms with E-state index in [1.165, 1.54) is 0 Å². The molecule has 6 nitrogen and oxygen atoms in total. The maximum Gasteiger partial charge on any atom is 0.319 e. The van der Waals surface area contributed by atoms with Crippen LogP contribution in [-0.2, 0) is 20.4 Å². The van der Waals surface area contributed by atoms with Crippen molar-refractivity contribution >= 4 is 27.3 Å². The van der Waals surface area contributed by atoms with Gasteiger partial charge in [-0.3, -0.25) is 4.79 Å². The van der Waals surface area contributed by atoms with Crippen molar-refractivity contribution in [2.45, 2.75) is 83.4 Å². The summed E-state index contributed by atoms with van der Waals surface area (Å²) >= 11 is 0. The number of carbonyl (C=O) groups excluding carboxylic acids is 2. The molecule has 0 heterocycles. The molecule has 2 amide bonds. The van der Waals surface area contributed by atoms with E-state index < -0.39 is 21.9 Å².